The molecule has 1 N–H and O–H groups in total. The Morgan fingerprint density at radius 3 is 2.64 bits per heavy atom. The first-order chi connectivity index (χ1) is 17.4. The van der Waals surface area contributed by atoms with Gasteiger partial charge in [0.1, 0.15) is 5.82 Å². The first kappa shape index (κ1) is 25.7. The second-order valence-electron chi connectivity index (χ2n) is 9.07. The van der Waals surface area contributed by atoms with E-state index in [2.05, 4.69) is 33.1 Å². The zero-order valence-corrected chi connectivity index (χ0v) is 22.2. The van der Waals surface area contributed by atoms with Crippen LogP contribution >= 0.6 is 11.8 Å². The number of Topliss-reactive ketones (excluding diaryl/α,β-unsaturated/α-hetero) is 1. The van der Waals surface area contributed by atoms with Gasteiger partial charge in [0.25, 0.3) is 0 Å². The SMILES string of the molecule is CCCCn1c(C)c(C(=O)CSc2nnc(CCC(=O)Nc3cccc(C)c3)n2C)c2ccccc21. The highest BCUT2D eigenvalue weighted by Crippen LogP contribution is 2.28. The van der Waals surface area contributed by atoms with E-state index in [0.29, 0.717) is 18.0 Å². The number of nitrogens with one attached hydrogen (secondary N) is 1. The molecule has 0 bridgehead atoms. The van der Waals surface area contributed by atoms with Gasteiger partial charge in [0.15, 0.2) is 10.9 Å². The third-order valence-corrected chi connectivity index (χ3v) is 7.40. The number of rotatable bonds is 11. The van der Waals surface area contributed by atoms with Crippen LogP contribution in [-0.4, -0.2) is 36.8 Å². The summed E-state index contributed by atoms with van der Waals surface area (Å²) in [6, 6.07) is 15.9. The summed E-state index contributed by atoms with van der Waals surface area (Å²) in [6.45, 7) is 7.11. The molecule has 4 aromatic rings. The summed E-state index contributed by atoms with van der Waals surface area (Å²) >= 11 is 1.38. The maximum Gasteiger partial charge on any atom is 0.224 e. The summed E-state index contributed by atoms with van der Waals surface area (Å²) in [5.74, 6) is 1.02. The number of thioether (sulfide) groups is 1. The van der Waals surface area contributed by atoms with Crippen molar-refractivity contribution < 1.29 is 9.59 Å². The lowest BCUT2D eigenvalue weighted by atomic mass is 10.1. The lowest BCUT2D eigenvalue weighted by Crippen LogP contribution is -2.13. The van der Waals surface area contributed by atoms with Crippen molar-refractivity contribution in [3.05, 3.63) is 71.2 Å². The van der Waals surface area contributed by atoms with Crippen molar-refractivity contribution in [2.75, 3.05) is 11.1 Å². The van der Waals surface area contributed by atoms with E-state index < -0.39 is 0 Å². The number of hydrogen-bond donors (Lipinski definition) is 1. The molecule has 188 valence electrons. The Morgan fingerprint density at radius 1 is 1.06 bits per heavy atom. The molecule has 0 unspecified atom stereocenters. The summed E-state index contributed by atoms with van der Waals surface area (Å²) < 4.78 is 4.13. The molecule has 0 aliphatic rings. The number of nitrogens with zero attached hydrogens (tertiary/aromatic N) is 4. The van der Waals surface area contributed by atoms with Gasteiger partial charge in [-0.15, -0.1) is 10.2 Å². The van der Waals surface area contributed by atoms with Crippen LogP contribution in [0.3, 0.4) is 0 Å². The minimum Gasteiger partial charge on any atom is -0.344 e. The fourth-order valence-corrected chi connectivity index (χ4v) is 5.25. The Morgan fingerprint density at radius 2 is 1.86 bits per heavy atom. The Labute approximate surface area is 216 Å². The molecule has 0 spiro atoms. The van der Waals surface area contributed by atoms with Crippen LogP contribution in [0.5, 0.6) is 0 Å². The third-order valence-electron chi connectivity index (χ3n) is 6.38. The van der Waals surface area contributed by atoms with Crippen molar-refractivity contribution in [3.63, 3.8) is 0 Å². The highest BCUT2D eigenvalue weighted by atomic mass is 32.2. The van der Waals surface area contributed by atoms with Gasteiger partial charge in [-0.1, -0.05) is 55.4 Å². The summed E-state index contributed by atoms with van der Waals surface area (Å²) in [7, 11) is 1.88. The Kier molecular flexibility index (Phi) is 8.25. The number of para-hydroxylation sites is 1. The van der Waals surface area contributed by atoms with Gasteiger partial charge in [-0.2, -0.15) is 0 Å². The number of carbonyl (C=O) groups excluding carboxylic acids is 2. The second-order valence-corrected chi connectivity index (χ2v) is 10.0. The lowest BCUT2D eigenvalue weighted by molar-refractivity contribution is -0.116. The molecule has 0 radical (unpaired) electrons. The monoisotopic (exact) mass is 503 g/mol. The van der Waals surface area contributed by atoms with E-state index in [4.69, 9.17) is 0 Å². The largest absolute Gasteiger partial charge is 0.344 e. The molecular weight excluding hydrogens is 470 g/mol. The van der Waals surface area contributed by atoms with E-state index in [0.717, 1.165) is 58.6 Å². The van der Waals surface area contributed by atoms with Crippen LogP contribution in [0, 0.1) is 13.8 Å². The smallest absolute Gasteiger partial charge is 0.224 e. The predicted molar refractivity (Wildman–Crippen MR) is 146 cm³/mol. The molecule has 7 nitrogen and oxygen atoms in total. The molecule has 2 aromatic carbocycles. The zero-order chi connectivity index (χ0) is 25.7. The number of benzene rings is 2. The number of carbonyl (C=O) groups is 2. The Bertz CT molecular complexity index is 1390. The molecule has 0 saturated carbocycles. The number of anilines is 1. The van der Waals surface area contributed by atoms with Crippen LogP contribution in [-0.2, 0) is 24.8 Å². The molecule has 0 atom stereocenters. The normalized spacial score (nSPS) is 11.2. The molecule has 36 heavy (non-hydrogen) atoms. The van der Waals surface area contributed by atoms with E-state index >= 15 is 0 Å². The van der Waals surface area contributed by atoms with Gasteiger partial charge in [-0.25, -0.2) is 0 Å². The average Bonchev–Trinajstić information content (AvgIpc) is 3.35. The molecule has 0 aliphatic carbocycles. The van der Waals surface area contributed by atoms with Crippen molar-refractivity contribution in [3.8, 4) is 0 Å². The van der Waals surface area contributed by atoms with Crippen molar-refractivity contribution >= 4 is 40.0 Å². The van der Waals surface area contributed by atoms with Gasteiger partial charge in [0.2, 0.25) is 5.91 Å². The quantitative estimate of drug-likeness (QED) is 0.209. The van der Waals surface area contributed by atoms with Gasteiger partial charge in [0, 0.05) is 54.3 Å². The molecular formula is C28H33N5O2S. The summed E-state index contributed by atoms with van der Waals surface area (Å²) in [4.78, 5) is 25.7. The Balaban J connectivity index is 1.39. The first-order valence-electron chi connectivity index (χ1n) is 12.4. The van der Waals surface area contributed by atoms with Crippen molar-refractivity contribution in [1.82, 2.24) is 19.3 Å². The highest BCUT2D eigenvalue weighted by molar-refractivity contribution is 7.99. The van der Waals surface area contributed by atoms with Crippen molar-refractivity contribution in [2.45, 2.75) is 58.2 Å². The number of fused-ring (bicyclic) bond motifs is 1. The standard InChI is InChI=1S/C28H33N5O2S/c1-5-6-16-33-20(3)27(22-12-7-8-13-23(22)33)24(34)18-36-28-31-30-25(32(28)4)14-15-26(35)29-21-11-9-10-19(2)17-21/h7-13,17H,5-6,14-16,18H2,1-4H3,(H,29,35). The van der Waals surface area contributed by atoms with Gasteiger partial charge in [-0.3, -0.25) is 9.59 Å². The number of hydrogen-bond acceptors (Lipinski definition) is 5. The number of amides is 1. The summed E-state index contributed by atoms with van der Waals surface area (Å²) in [6.07, 6.45) is 2.96. The van der Waals surface area contributed by atoms with Crippen molar-refractivity contribution in [2.24, 2.45) is 7.05 Å². The molecule has 0 aliphatic heterocycles. The minimum atomic E-state index is -0.0667. The van der Waals surface area contributed by atoms with Crippen molar-refractivity contribution in [1.29, 1.82) is 0 Å². The topological polar surface area (TPSA) is 81.8 Å². The molecule has 0 saturated heterocycles. The lowest BCUT2D eigenvalue weighted by Gasteiger charge is -2.08. The first-order valence-corrected chi connectivity index (χ1v) is 13.4. The number of aryl methyl sites for hydroxylation is 3. The fraction of sp³-hybridized carbons (Fsp3) is 0.357. The highest BCUT2D eigenvalue weighted by Gasteiger charge is 2.21. The maximum absolute atomic E-state index is 13.3. The van der Waals surface area contributed by atoms with E-state index in [1.807, 2.05) is 67.9 Å². The third kappa shape index (κ3) is 5.70. The Hall–Kier alpha value is -3.39. The maximum atomic E-state index is 13.3. The van der Waals surface area contributed by atoms with E-state index in [-0.39, 0.29) is 17.4 Å². The molecule has 2 aromatic heterocycles. The van der Waals surface area contributed by atoms with Gasteiger partial charge in [-0.05, 0) is 44.0 Å². The predicted octanol–water partition coefficient (Wildman–Crippen LogP) is 5.73. The summed E-state index contributed by atoms with van der Waals surface area (Å²) in [5, 5.41) is 13.1. The van der Waals surface area contributed by atoms with E-state index in [9.17, 15) is 9.59 Å². The molecule has 8 heteroatoms. The second kappa shape index (κ2) is 11.6. The number of aromatic nitrogens is 4. The fourth-order valence-electron chi connectivity index (χ4n) is 4.45. The van der Waals surface area contributed by atoms with Crippen LogP contribution in [0.2, 0.25) is 0 Å². The van der Waals surface area contributed by atoms with Gasteiger partial charge >= 0.3 is 0 Å². The molecule has 2 heterocycles. The van der Waals surface area contributed by atoms with Crippen LogP contribution in [0.1, 0.15) is 53.6 Å². The summed E-state index contributed by atoms with van der Waals surface area (Å²) in [5.41, 5.74) is 4.82. The molecule has 0 fully saturated rings. The van der Waals surface area contributed by atoms with Crippen LogP contribution in [0.4, 0.5) is 5.69 Å². The van der Waals surface area contributed by atoms with E-state index in [1.54, 1.807) is 0 Å². The molecule has 1 amide bonds. The van der Waals surface area contributed by atoms with Gasteiger partial charge in [0.05, 0.1) is 5.75 Å². The number of unbranched alkanes of at least 4 members (excludes halogenated alkanes) is 1. The van der Waals surface area contributed by atoms with Crippen LogP contribution in [0.25, 0.3) is 10.9 Å². The van der Waals surface area contributed by atoms with Gasteiger partial charge < -0.3 is 14.5 Å². The minimum absolute atomic E-state index is 0.0667. The number of ketones is 1. The molecule has 4 rings (SSSR count). The zero-order valence-electron chi connectivity index (χ0n) is 21.4. The average molecular weight is 504 g/mol. The van der Waals surface area contributed by atoms with E-state index in [1.165, 1.54) is 11.8 Å². The van der Waals surface area contributed by atoms with Crippen LogP contribution in [0.15, 0.2) is 53.7 Å². The van der Waals surface area contributed by atoms with Crippen LogP contribution < -0.4 is 5.32 Å².